The van der Waals surface area contributed by atoms with E-state index in [1.807, 2.05) is 12.1 Å². The maximum atomic E-state index is 11.9. The fourth-order valence-corrected chi connectivity index (χ4v) is 1.73. The van der Waals surface area contributed by atoms with Gasteiger partial charge in [0.25, 0.3) is 5.91 Å². The monoisotopic (exact) mass is 257 g/mol. The Labute approximate surface area is 111 Å². The summed E-state index contributed by atoms with van der Waals surface area (Å²) in [6, 6.07) is 13.5. The van der Waals surface area contributed by atoms with Gasteiger partial charge in [0.05, 0.1) is 0 Å². The number of aliphatic hydroxyl groups is 1. The Morgan fingerprint density at radius 2 is 1.84 bits per heavy atom. The lowest BCUT2D eigenvalue weighted by Gasteiger charge is -2.06. The molecule has 2 aromatic rings. The highest BCUT2D eigenvalue weighted by atomic mass is 16.3. The molecule has 0 heterocycles. The van der Waals surface area contributed by atoms with Crippen molar-refractivity contribution in [3.63, 3.8) is 0 Å². The fraction of sp³-hybridized carbons (Fsp3) is 0.133. The first-order valence-electron chi connectivity index (χ1n) is 5.99. The third kappa shape index (κ3) is 3.56. The summed E-state index contributed by atoms with van der Waals surface area (Å²) in [5.41, 5.74) is 2.09. The number of hydrogen-bond acceptors (Lipinski definition) is 3. The average molecular weight is 257 g/mol. The third-order valence-corrected chi connectivity index (χ3v) is 2.72. The van der Waals surface area contributed by atoms with Crippen LogP contribution in [0, 0.1) is 0 Å². The molecular weight excluding hydrogens is 242 g/mol. The van der Waals surface area contributed by atoms with E-state index in [0.717, 1.165) is 5.56 Å². The summed E-state index contributed by atoms with van der Waals surface area (Å²) in [6.07, 6.45) is 0.598. The van der Waals surface area contributed by atoms with Crippen molar-refractivity contribution in [3.8, 4) is 5.75 Å². The number of benzene rings is 2. The number of carbonyl (C=O) groups excluding carboxylic acids is 1. The van der Waals surface area contributed by atoms with E-state index < -0.39 is 0 Å². The molecule has 0 aromatic heterocycles. The van der Waals surface area contributed by atoms with Crippen LogP contribution in [0.25, 0.3) is 0 Å². The van der Waals surface area contributed by atoms with Crippen molar-refractivity contribution in [1.82, 2.24) is 0 Å². The molecule has 1 amide bonds. The summed E-state index contributed by atoms with van der Waals surface area (Å²) in [7, 11) is 0. The van der Waals surface area contributed by atoms with Gasteiger partial charge in [-0.25, -0.2) is 0 Å². The number of aliphatic hydroxyl groups excluding tert-OH is 1. The molecule has 0 unspecified atom stereocenters. The van der Waals surface area contributed by atoms with Crippen molar-refractivity contribution in [3.05, 3.63) is 59.7 Å². The number of phenolic OH excluding ortho intramolecular Hbond substituents is 1. The highest BCUT2D eigenvalue weighted by molar-refractivity contribution is 6.04. The summed E-state index contributed by atoms with van der Waals surface area (Å²) < 4.78 is 0. The molecule has 4 nitrogen and oxygen atoms in total. The second-order valence-corrected chi connectivity index (χ2v) is 4.17. The molecule has 98 valence electrons. The van der Waals surface area contributed by atoms with Crippen molar-refractivity contribution >= 4 is 11.6 Å². The number of hydrogen-bond donors (Lipinski definition) is 3. The van der Waals surface area contributed by atoms with Crippen LogP contribution in [0.5, 0.6) is 5.75 Å². The van der Waals surface area contributed by atoms with Gasteiger partial charge < -0.3 is 15.5 Å². The lowest BCUT2D eigenvalue weighted by atomic mass is 10.1. The molecule has 2 aromatic carbocycles. The normalized spacial score (nSPS) is 10.2. The predicted octanol–water partition coefficient (Wildman–Crippen LogP) is 2.18. The highest BCUT2D eigenvalue weighted by Gasteiger charge is 2.06. The van der Waals surface area contributed by atoms with Crippen LogP contribution in [0.15, 0.2) is 48.5 Å². The minimum absolute atomic E-state index is 0.0611. The Bertz CT molecular complexity index is 564. The minimum Gasteiger partial charge on any atom is -0.508 e. The number of nitrogens with one attached hydrogen (secondary N) is 1. The van der Waals surface area contributed by atoms with Crippen molar-refractivity contribution in [1.29, 1.82) is 0 Å². The Morgan fingerprint density at radius 3 is 2.47 bits per heavy atom. The molecule has 19 heavy (non-hydrogen) atoms. The Morgan fingerprint density at radius 1 is 1.11 bits per heavy atom. The van der Waals surface area contributed by atoms with Crippen LogP contribution < -0.4 is 5.32 Å². The number of amides is 1. The van der Waals surface area contributed by atoms with Gasteiger partial charge in [0, 0.05) is 17.9 Å². The van der Waals surface area contributed by atoms with E-state index in [9.17, 15) is 9.90 Å². The van der Waals surface area contributed by atoms with Gasteiger partial charge >= 0.3 is 0 Å². The number of anilines is 1. The Balaban J connectivity index is 2.06. The lowest BCUT2D eigenvalue weighted by Crippen LogP contribution is -2.11. The first-order valence-corrected chi connectivity index (χ1v) is 5.99. The van der Waals surface area contributed by atoms with Gasteiger partial charge in [-0.3, -0.25) is 4.79 Å². The smallest absolute Gasteiger partial charge is 0.255 e. The van der Waals surface area contributed by atoms with E-state index in [2.05, 4.69) is 5.32 Å². The van der Waals surface area contributed by atoms with Gasteiger partial charge in [-0.05, 0) is 42.3 Å². The van der Waals surface area contributed by atoms with E-state index in [0.29, 0.717) is 17.7 Å². The topological polar surface area (TPSA) is 69.6 Å². The molecule has 2 rings (SSSR count). The number of rotatable bonds is 4. The molecule has 3 N–H and O–H groups in total. The number of carbonyl (C=O) groups is 1. The summed E-state index contributed by atoms with van der Waals surface area (Å²) in [4.78, 5) is 11.9. The molecule has 0 fully saturated rings. The van der Waals surface area contributed by atoms with Gasteiger partial charge in [0.2, 0.25) is 0 Å². The molecule has 0 aliphatic rings. The van der Waals surface area contributed by atoms with Crippen LogP contribution in [0.1, 0.15) is 15.9 Å². The Kier molecular flexibility index (Phi) is 4.15. The van der Waals surface area contributed by atoms with Crippen molar-refractivity contribution in [2.24, 2.45) is 0 Å². The summed E-state index contributed by atoms with van der Waals surface area (Å²) in [6.45, 7) is 0.106. The van der Waals surface area contributed by atoms with Gasteiger partial charge in [-0.1, -0.05) is 18.2 Å². The van der Waals surface area contributed by atoms with Crippen LogP contribution in [0.4, 0.5) is 5.69 Å². The summed E-state index contributed by atoms with van der Waals surface area (Å²) in [5, 5.41) is 20.9. The standard InChI is InChI=1S/C15H15NO3/c17-9-8-11-4-6-13(7-5-11)16-15(19)12-2-1-3-14(18)10-12/h1-7,10,17-18H,8-9H2,(H,16,19). The first kappa shape index (κ1) is 13.1. The molecular formula is C15H15NO3. The quantitative estimate of drug-likeness (QED) is 0.786. The van der Waals surface area contributed by atoms with Gasteiger partial charge in [-0.2, -0.15) is 0 Å². The number of phenols is 1. The molecule has 0 saturated heterocycles. The van der Waals surface area contributed by atoms with Gasteiger partial charge in [0.15, 0.2) is 0 Å². The van der Waals surface area contributed by atoms with E-state index >= 15 is 0 Å². The predicted molar refractivity (Wildman–Crippen MR) is 73.3 cm³/mol. The lowest BCUT2D eigenvalue weighted by molar-refractivity contribution is 0.102. The van der Waals surface area contributed by atoms with Crippen LogP contribution in [0.3, 0.4) is 0 Å². The van der Waals surface area contributed by atoms with Crippen molar-refractivity contribution in [2.75, 3.05) is 11.9 Å². The fourth-order valence-electron chi connectivity index (χ4n) is 1.73. The summed E-state index contributed by atoms with van der Waals surface area (Å²) >= 11 is 0. The average Bonchev–Trinajstić information content (AvgIpc) is 2.41. The van der Waals surface area contributed by atoms with Crippen molar-refractivity contribution in [2.45, 2.75) is 6.42 Å². The maximum absolute atomic E-state index is 11.9. The highest BCUT2D eigenvalue weighted by Crippen LogP contribution is 2.14. The SMILES string of the molecule is O=C(Nc1ccc(CCO)cc1)c1cccc(O)c1. The van der Waals surface area contributed by atoms with E-state index in [1.54, 1.807) is 24.3 Å². The Hall–Kier alpha value is -2.33. The van der Waals surface area contributed by atoms with E-state index in [-0.39, 0.29) is 18.3 Å². The molecule has 0 atom stereocenters. The molecule has 0 aliphatic heterocycles. The second kappa shape index (κ2) is 6.02. The zero-order chi connectivity index (χ0) is 13.7. The van der Waals surface area contributed by atoms with Crippen LogP contribution in [-0.2, 0) is 6.42 Å². The largest absolute Gasteiger partial charge is 0.508 e. The van der Waals surface area contributed by atoms with Crippen LogP contribution in [0.2, 0.25) is 0 Å². The molecule has 0 saturated carbocycles. The zero-order valence-electron chi connectivity index (χ0n) is 10.3. The molecule has 0 spiro atoms. The summed E-state index contributed by atoms with van der Waals surface area (Å²) in [5.74, 6) is -0.211. The zero-order valence-corrected chi connectivity index (χ0v) is 10.3. The molecule has 0 bridgehead atoms. The molecule has 0 radical (unpaired) electrons. The number of aromatic hydroxyl groups is 1. The second-order valence-electron chi connectivity index (χ2n) is 4.17. The van der Waals surface area contributed by atoms with Crippen molar-refractivity contribution < 1.29 is 15.0 Å². The van der Waals surface area contributed by atoms with Gasteiger partial charge in [0.1, 0.15) is 5.75 Å². The van der Waals surface area contributed by atoms with Crippen LogP contribution in [-0.4, -0.2) is 22.7 Å². The first-order chi connectivity index (χ1) is 9.19. The minimum atomic E-state index is -0.272. The van der Waals surface area contributed by atoms with E-state index in [1.165, 1.54) is 12.1 Å². The third-order valence-electron chi connectivity index (χ3n) is 2.72. The molecule has 4 heteroatoms. The molecule has 0 aliphatic carbocycles. The van der Waals surface area contributed by atoms with Crippen LogP contribution >= 0.6 is 0 Å². The van der Waals surface area contributed by atoms with Gasteiger partial charge in [-0.15, -0.1) is 0 Å². The maximum Gasteiger partial charge on any atom is 0.255 e. The van der Waals surface area contributed by atoms with E-state index in [4.69, 9.17) is 5.11 Å².